The Kier molecular flexibility index (Phi) is 5.10. The Labute approximate surface area is 132 Å². The van der Waals surface area contributed by atoms with Gasteiger partial charge in [0, 0.05) is 46.5 Å². The molecule has 0 spiro atoms. The molecule has 0 saturated carbocycles. The van der Waals surface area contributed by atoms with Crippen LogP contribution in [0, 0.1) is 0 Å². The first-order valence-corrected chi connectivity index (χ1v) is 8.17. The second-order valence-corrected chi connectivity index (χ2v) is 6.13. The summed E-state index contributed by atoms with van der Waals surface area (Å²) in [5, 5.41) is 0. The molecule has 2 aliphatic heterocycles. The van der Waals surface area contributed by atoms with Gasteiger partial charge in [0.2, 0.25) is 0 Å². The Bertz CT molecular complexity index is 446. The fraction of sp³-hybridized carbons (Fsp3) is 0.750. The van der Waals surface area contributed by atoms with Crippen LogP contribution in [0.15, 0.2) is 12.4 Å². The third-order valence-corrected chi connectivity index (χ3v) is 4.71. The van der Waals surface area contributed by atoms with Crippen molar-refractivity contribution in [3.63, 3.8) is 0 Å². The summed E-state index contributed by atoms with van der Waals surface area (Å²) < 4.78 is 11.0. The Morgan fingerprint density at radius 3 is 1.86 bits per heavy atom. The largest absolute Gasteiger partial charge is 0.380 e. The molecule has 3 rings (SSSR count). The van der Waals surface area contributed by atoms with E-state index in [0.717, 1.165) is 63.5 Å². The van der Waals surface area contributed by atoms with Gasteiger partial charge in [-0.15, -0.1) is 0 Å². The van der Waals surface area contributed by atoms with Crippen LogP contribution in [0.3, 0.4) is 0 Å². The zero-order chi connectivity index (χ0) is 15.4. The highest BCUT2D eigenvalue weighted by atomic mass is 16.5. The Hall–Kier alpha value is -1.40. The standard InChI is InChI=1S/C16H26N4O2/c1-21-13-5-3-7-19(10-13)15-9-16(18-12-17-15)20-8-4-6-14(11-20)22-2/h9,12-14H,3-8,10-11H2,1-2H3/t13-,14-/m0/s1. The lowest BCUT2D eigenvalue weighted by molar-refractivity contribution is 0.0888. The first kappa shape index (κ1) is 15.5. The molecule has 2 atom stereocenters. The fourth-order valence-electron chi connectivity index (χ4n) is 3.36. The van der Waals surface area contributed by atoms with Crippen LogP contribution in [0.1, 0.15) is 25.7 Å². The zero-order valence-corrected chi connectivity index (χ0v) is 13.6. The van der Waals surface area contributed by atoms with Gasteiger partial charge in [0.1, 0.15) is 18.0 Å². The molecule has 1 aromatic rings. The fourth-order valence-corrected chi connectivity index (χ4v) is 3.36. The van der Waals surface area contributed by atoms with Gasteiger partial charge in [-0.3, -0.25) is 0 Å². The lowest BCUT2D eigenvalue weighted by Crippen LogP contribution is -2.41. The number of hydrogen-bond donors (Lipinski definition) is 0. The molecule has 3 heterocycles. The minimum atomic E-state index is 0.306. The maximum absolute atomic E-state index is 5.51. The van der Waals surface area contributed by atoms with Crippen molar-refractivity contribution in [1.82, 2.24) is 9.97 Å². The highest BCUT2D eigenvalue weighted by molar-refractivity contribution is 5.50. The zero-order valence-electron chi connectivity index (χ0n) is 13.6. The van der Waals surface area contributed by atoms with Crippen molar-refractivity contribution < 1.29 is 9.47 Å². The summed E-state index contributed by atoms with van der Waals surface area (Å²) in [6, 6.07) is 2.11. The first-order valence-electron chi connectivity index (χ1n) is 8.17. The molecule has 6 heteroatoms. The minimum absolute atomic E-state index is 0.306. The van der Waals surface area contributed by atoms with Gasteiger partial charge in [-0.2, -0.15) is 0 Å². The number of nitrogens with zero attached hydrogens (tertiary/aromatic N) is 4. The molecule has 0 N–H and O–H groups in total. The van der Waals surface area contributed by atoms with Crippen LogP contribution in [0.5, 0.6) is 0 Å². The predicted molar refractivity (Wildman–Crippen MR) is 86.5 cm³/mol. The molecule has 0 bridgehead atoms. The van der Waals surface area contributed by atoms with Crippen molar-refractivity contribution in [2.24, 2.45) is 0 Å². The number of rotatable bonds is 4. The number of piperidine rings is 2. The third kappa shape index (κ3) is 3.50. The number of anilines is 2. The van der Waals surface area contributed by atoms with Crippen molar-refractivity contribution in [3.05, 3.63) is 12.4 Å². The van der Waals surface area contributed by atoms with E-state index in [9.17, 15) is 0 Å². The quantitative estimate of drug-likeness (QED) is 0.844. The van der Waals surface area contributed by atoms with Crippen LogP contribution >= 0.6 is 0 Å². The van der Waals surface area contributed by atoms with Gasteiger partial charge in [0.05, 0.1) is 12.2 Å². The summed E-state index contributed by atoms with van der Waals surface area (Å²) in [5.74, 6) is 2.01. The van der Waals surface area contributed by atoms with E-state index in [4.69, 9.17) is 9.47 Å². The second kappa shape index (κ2) is 7.24. The van der Waals surface area contributed by atoms with Crippen LogP contribution < -0.4 is 9.80 Å². The molecule has 122 valence electrons. The van der Waals surface area contributed by atoms with E-state index in [0.29, 0.717) is 12.2 Å². The number of hydrogen-bond acceptors (Lipinski definition) is 6. The lowest BCUT2D eigenvalue weighted by Gasteiger charge is -2.35. The molecule has 2 aliphatic rings. The number of aromatic nitrogens is 2. The smallest absolute Gasteiger partial charge is 0.134 e. The second-order valence-electron chi connectivity index (χ2n) is 6.13. The van der Waals surface area contributed by atoms with Crippen molar-refractivity contribution in [1.29, 1.82) is 0 Å². The van der Waals surface area contributed by atoms with Crippen LogP contribution in [-0.4, -0.2) is 62.6 Å². The molecule has 2 saturated heterocycles. The van der Waals surface area contributed by atoms with Gasteiger partial charge in [-0.05, 0) is 25.7 Å². The van der Waals surface area contributed by atoms with Crippen LogP contribution in [0.25, 0.3) is 0 Å². The molecular formula is C16H26N4O2. The van der Waals surface area contributed by atoms with Gasteiger partial charge in [-0.25, -0.2) is 9.97 Å². The maximum atomic E-state index is 5.51. The Morgan fingerprint density at radius 1 is 0.909 bits per heavy atom. The average Bonchev–Trinajstić information content (AvgIpc) is 2.62. The van der Waals surface area contributed by atoms with Gasteiger partial charge in [0.25, 0.3) is 0 Å². The topological polar surface area (TPSA) is 50.7 Å². The first-order chi connectivity index (χ1) is 10.8. The summed E-state index contributed by atoms with van der Waals surface area (Å²) in [6.07, 6.45) is 6.84. The third-order valence-electron chi connectivity index (χ3n) is 4.71. The van der Waals surface area contributed by atoms with E-state index < -0.39 is 0 Å². The Balaban J connectivity index is 1.72. The van der Waals surface area contributed by atoms with Crippen LogP contribution in [0.2, 0.25) is 0 Å². The van der Waals surface area contributed by atoms with E-state index >= 15 is 0 Å². The molecule has 1 aromatic heterocycles. The van der Waals surface area contributed by atoms with Crippen molar-refractivity contribution in [3.8, 4) is 0 Å². The van der Waals surface area contributed by atoms with E-state index in [1.807, 2.05) is 0 Å². The van der Waals surface area contributed by atoms with E-state index in [1.165, 1.54) is 0 Å². The summed E-state index contributed by atoms with van der Waals surface area (Å²) in [4.78, 5) is 13.5. The Morgan fingerprint density at radius 2 is 1.41 bits per heavy atom. The average molecular weight is 306 g/mol. The summed E-state index contributed by atoms with van der Waals surface area (Å²) in [7, 11) is 3.58. The van der Waals surface area contributed by atoms with Gasteiger partial charge >= 0.3 is 0 Å². The monoisotopic (exact) mass is 306 g/mol. The molecule has 0 aliphatic carbocycles. The minimum Gasteiger partial charge on any atom is -0.380 e. The molecule has 2 fully saturated rings. The highest BCUT2D eigenvalue weighted by Gasteiger charge is 2.23. The molecule has 22 heavy (non-hydrogen) atoms. The van der Waals surface area contributed by atoms with Gasteiger partial charge < -0.3 is 19.3 Å². The van der Waals surface area contributed by atoms with Crippen molar-refractivity contribution in [2.75, 3.05) is 50.2 Å². The van der Waals surface area contributed by atoms with Crippen molar-refractivity contribution >= 4 is 11.6 Å². The molecule has 0 aromatic carbocycles. The maximum Gasteiger partial charge on any atom is 0.134 e. The number of methoxy groups -OCH3 is 2. The summed E-state index contributed by atoms with van der Waals surface area (Å²) >= 11 is 0. The lowest BCUT2D eigenvalue weighted by atomic mass is 10.1. The number of ether oxygens (including phenoxy) is 2. The van der Waals surface area contributed by atoms with Crippen LogP contribution in [0.4, 0.5) is 11.6 Å². The van der Waals surface area contributed by atoms with Crippen molar-refractivity contribution in [2.45, 2.75) is 37.9 Å². The highest BCUT2D eigenvalue weighted by Crippen LogP contribution is 2.24. The van der Waals surface area contributed by atoms with Gasteiger partial charge in [0.15, 0.2) is 0 Å². The summed E-state index contributed by atoms with van der Waals surface area (Å²) in [6.45, 7) is 3.90. The van der Waals surface area contributed by atoms with Gasteiger partial charge in [-0.1, -0.05) is 0 Å². The van der Waals surface area contributed by atoms with E-state index in [1.54, 1.807) is 20.5 Å². The van der Waals surface area contributed by atoms with E-state index in [2.05, 4.69) is 25.8 Å². The SMILES string of the molecule is CO[C@H]1CCCN(c2cc(N3CCC[C@H](OC)C3)ncn2)C1. The molecule has 0 amide bonds. The summed E-state index contributed by atoms with van der Waals surface area (Å²) in [5.41, 5.74) is 0. The molecule has 0 unspecified atom stereocenters. The molecule has 6 nitrogen and oxygen atoms in total. The normalized spacial score (nSPS) is 26.3. The molecular weight excluding hydrogens is 280 g/mol. The molecule has 0 radical (unpaired) electrons. The van der Waals surface area contributed by atoms with E-state index in [-0.39, 0.29) is 0 Å². The predicted octanol–water partition coefficient (Wildman–Crippen LogP) is 1.71. The van der Waals surface area contributed by atoms with Crippen LogP contribution in [-0.2, 0) is 9.47 Å².